The molecule has 0 saturated carbocycles. The fourth-order valence-electron chi connectivity index (χ4n) is 0.994. The van der Waals surface area contributed by atoms with Crippen molar-refractivity contribution in [3.05, 3.63) is 17.0 Å². The number of hydrogen-bond donors (Lipinski definition) is 2. The van der Waals surface area contributed by atoms with Crippen LogP contribution in [0.2, 0.25) is 0 Å². The molecule has 1 heterocycles. The van der Waals surface area contributed by atoms with Crippen LogP contribution in [0.1, 0.15) is 11.8 Å². The van der Waals surface area contributed by atoms with Gasteiger partial charge in [-0.25, -0.2) is 13.1 Å². The molecule has 0 spiro atoms. The maximum atomic E-state index is 11.8. The first kappa shape index (κ1) is 14.0. The van der Waals surface area contributed by atoms with E-state index in [4.69, 9.17) is 5.73 Å². The first-order valence-corrected chi connectivity index (χ1v) is 8.39. The Morgan fingerprint density at radius 3 is 2.75 bits per heavy atom. The molecule has 4 nitrogen and oxygen atoms in total. The van der Waals surface area contributed by atoms with Gasteiger partial charge in [-0.1, -0.05) is 6.92 Å². The molecule has 0 saturated heterocycles. The summed E-state index contributed by atoms with van der Waals surface area (Å²) >= 11 is 2.84. The van der Waals surface area contributed by atoms with E-state index in [2.05, 4.69) is 4.72 Å². The Labute approximate surface area is 105 Å². The molecule has 0 radical (unpaired) electrons. The van der Waals surface area contributed by atoms with Crippen LogP contribution in [0, 0.1) is 0 Å². The van der Waals surface area contributed by atoms with Crippen molar-refractivity contribution in [1.82, 2.24) is 4.72 Å². The molecule has 1 aromatic rings. The van der Waals surface area contributed by atoms with Gasteiger partial charge < -0.3 is 5.73 Å². The third-order valence-electron chi connectivity index (χ3n) is 2.07. The van der Waals surface area contributed by atoms with Gasteiger partial charge in [0.25, 0.3) is 0 Å². The van der Waals surface area contributed by atoms with Crippen LogP contribution in [0.3, 0.4) is 0 Å². The highest BCUT2D eigenvalue weighted by Gasteiger charge is 2.16. The number of sulfonamides is 1. The number of thiophene rings is 1. The Balaban J connectivity index is 2.70. The summed E-state index contributed by atoms with van der Waals surface area (Å²) in [6.45, 7) is 2.80. The second-order valence-electron chi connectivity index (χ2n) is 3.32. The third kappa shape index (κ3) is 3.74. The maximum Gasteiger partial charge on any atom is 0.250 e. The van der Waals surface area contributed by atoms with Gasteiger partial charge in [0.2, 0.25) is 10.0 Å². The molecule has 92 valence electrons. The van der Waals surface area contributed by atoms with E-state index in [-0.39, 0.29) is 5.25 Å². The van der Waals surface area contributed by atoms with E-state index in [9.17, 15) is 8.42 Å². The average Bonchev–Trinajstić information content (AvgIpc) is 2.75. The van der Waals surface area contributed by atoms with Crippen LogP contribution in [0.5, 0.6) is 0 Å². The van der Waals surface area contributed by atoms with Gasteiger partial charge in [-0.05, 0) is 18.4 Å². The Morgan fingerprint density at radius 2 is 2.25 bits per heavy atom. The molecule has 3 N–H and O–H groups in total. The van der Waals surface area contributed by atoms with Gasteiger partial charge >= 0.3 is 0 Å². The smallest absolute Gasteiger partial charge is 0.250 e. The van der Waals surface area contributed by atoms with Crippen molar-refractivity contribution in [2.75, 3.05) is 12.8 Å². The number of nitrogens with two attached hydrogens (primary N) is 1. The lowest BCUT2D eigenvalue weighted by atomic mass is 10.5. The molecular weight excluding hydrogens is 264 g/mol. The molecule has 1 rings (SSSR count). The highest BCUT2D eigenvalue weighted by Crippen LogP contribution is 2.21. The number of nitrogens with one attached hydrogen (secondary N) is 1. The molecular formula is C9H16N2O2S3. The molecule has 0 bridgehead atoms. The second-order valence-corrected chi connectivity index (χ2v) is 7.76. The quantitative estimate of drug-likeness (QED) is 0.822. The van der Waals surface area contributed by atoms with Crippen LogP contribution in [-0.4, -0.2) is 26.5 Å². The number of hydrogen-bond acceptors (Lipinski definition) is 5. The highest BCUT2D eigenvalue weighted by atomic mass is 32.2. The zero-order chi connectivity index (χ0) is 12.2. The zero-order valence-corrected chi connectivity index (χ0v) is 11.7. The van der Waals surface area contributed by atoms with Gasteiger partial charge in [-0.2, -0.15) is 11.8 Å². The van der Waals surface area contributed by atoms with Crippen LogP contribution >= 0.6 is 23.1 Å². The summed E-state index contributed by atoms with van der Waals surface area (Å²) in [6, 6.07) is 3.34. The van der Waals surface area contributed by atoms with Crippen molar-refractivity contribution in [3.63, 3.8) is 0 Å². The minimum Gasteiger partial charge on any atom is -0.326 e. The third-order valence-corrected chi connectivity index (χ3v) is 6.06. The SMILES string of the molecule is CSC(C)CNS(=O)(=O)c1ccc(CN)s1. The first-order valence-electron chi connectivity index (χ1n) is 4.81. The van der Waals surface area contributed by atoms with Crippen molar-refractivity contribution >= 4 is 33.1 Å². The van der Waals surface area contributed by atoms with Gasteiger partial charge in [-0.15, -0.1) is 11.3 Å². The molecule has 16 heavy (non-hydrogen) atoms. The van der Waals surface area contributed by atoms with E-state index in [1.54, 1.807) is 23.9 Å². The molecule has 1 unspecified atom stereocenters. The fourth-order valence-corrected chi connectivity index (χ4v) is 3.76. The predicted molar refractivity (Wildman–Crippen MR) is 70.4 cm³/mol. The van der Waals surface area contributed by atoms with E-state index in [1.165, 1.54) is 11.3 Å². The fraction of sp³-hybridized carbons (Fsp3) is 0.556. The monoisotopic (exact) mass is 280 g/mol. The van der Waals surface area contributed by atoms with Crippen LogP contribution in [0.25, 0.3) is 0 Å². The van der Waals surface area contributed by atoms with Crippen molar-refractivity contribution in [3.8, 4) is 0 Å². The largest absolute Gasteiger partial charge is 0.326 e. The second kappa shape index (κ2) is 6.02. The summed E-state index contributed by atoms with van der Waals surface area (Å²) in [5.74, 6) is 0. The summed E-state index contributed by atoms with van der Waals surface area (Å²) in [7, 11) is -3.36. The molecule has 0 amide bonds. The number of thioether (sulfide) groups is 1. The molecule has 0 aliphatic rings. The van der Waals surface area contributed by atoms with Crippen molar-refractivity contribution < 1.29 is 8.42 Å². The van der Waals surface area contributed by atoms with Crippen molar-refractivity contribution in [2.45, 2.75) is 22.9 Å². The van der Waals surface area contributed by atoms with E-state index >= 15 is 0 Å². The minimum atomic E-state index is -3.36. The molecule has 0 fully saturated rings. The Bertz CT molecular complexity index is 428. The summed E-state index contributed by atoms with van der Waals surface area (Å²) in [5.41, 5.74) is 5.44. The lowest BCUT2D eigenvalue weighted by Gasteiger charge is -2.09. The van der Waals surface area contributed by atoms with Gasteiger partial charge in [-0.3, -0.25) is 0 Å². The van der Waals surface area contributed by atoms with E-state index < -0.39 is 10.0 Å². The molecule has 7 heteroatoms. The topological polar surface area (TPSA) is 72.2 Å². The molecule has 0 aliphatic heterocycles. The average molecular weight is 280 g/mol. The zero-order valence-electron chi connectivity index (χ0n) is 9.26. The molecule has 0 aliphatic carbocycles. The lowest BCUT2D eigenvalue weighted by molar-refractivity contribution is 0.583. The van der Waals surface area contributed by atoms with E-state index in [0.29, 0.717) is 17.3 Å². The summed E-state index contributed by atoms with van der Waals surface area (Å²) in [6.07, 6.45) is 1.95. The Morgan fingerprint density at radius 1 is 1.56 bits per heavy atom. The Hall–Kier alpha value is -0.0800. The summed E-state index contributed by atoms with van der Waals surface area (Å²) in [5, 5.41) is 0.267. The first-order chi connectivity index (χ1) is 7.49. The molecule has 1 aromatic heterocycles. The van der Waals surface area contributed by atoms with Gasteiger partial charge in [0.1, 0.15) is 4.21 Å². The summed E-state index contributed by atoms with van der Waals surface area (Å²) in [4.78, 5) is 0.873. The van der Waals surface area contributed by atoms with Crippen LogP contribution in [-0.2, 0) is 16.6 Å². The van der Waals surface area contributed by atoms with E-state index in [1.807, 2.05) is 13.2 Å². The normalized spacial score (nSPS) is 13.9. The molecule has 1 atom stereocenters. The highest BCUT2D eigenvalue weighted by molar-refractivity contribution is 7.99. The van der Waals surface area contributed by atoms with Crippen molar-refractivity contribution in [2.24, 2.45) is 5.73 Å². The molecule has 0 aromatic carbocycles. The maximum absolute atomic E-state index is 11.8. The van der Waals surface area contributed by atoms with Crippen LogP contribution < -0.4 is 10.5 Å². The number of rotatable bonds is 6. The van der Waals surface area contributed by atoms with Gasteiger partial charge in [0.05, 0.1) is 0 Å². The van der Waals surface area contributed by atoms with E-state index in [0.717, 1.165) is 4.88 Å². The van der Waals surface area contributed by atoms with Crippen molar-refractivity contribution in [1.29, 1.82) is 0 Å². The minimum absolute atomic E-state index is 0.267. The standard InChI is InChI=1S/C9H16N2O2S3/c1-7(14-2)6-11-16(12,13)9-4-3-8(5-10)15-9/h3-4,7,11H,5-6,10H2,1-2H3. The lowest BCUT2D eigenvalue weighted by Crippen LogP contribution is -2.28. The summed E-state index contributed by atoms with van der Waals surface area (Å²) < 4.78 is 26.6. The van der Waals surface area contributed by atoms with Crippen LogP contribution in [0.15, 0.2) is 16.3 Å². The van der Waals surface area contributed by atoms with Gasteiger partial charge in [0, 0.05) is 23.2 Å². The van der Waals surface area contributed by atoms with Gasteiger partial charge in [0.15, 0.2) is 0 Å². The Kier molecular flexibility index (Phi) is 5.26. The predicted octanol–water partition coefficient (Wildman–Crippen LogP) is 1.24. The van der Waals surface area contributed by atoms with Crippen LogP contribution in [0.4, 0.5) is 0 Å².